The molecule has 0 spiro atoms. The van der Waals surface area contributed by atoms with Crippen LogP contribution in [0.1, 0.15) is 47.6 Å². The normalized spacial score (nSPS) is 31.1. The minimum absolute atomic E-state index is 0.000938. The van der Waals surface area contributed by atoms with E-state index in [4.69, 9.17) is 25.6 Å². The summed E-state index contributed by atoms with van der Waals surface area (Å²) in [6.07, 6.45) is 9.12. The lowest BCUT2D eigenvalue weighted by Gasteiger charge is -2.38. The summed E-state index contributed by atoms with van der Waals surface area (Å²) in [7, 11) is 5.16. The standard InChI is InChI=1S/C32H42FN5O5S/c1-5-20-18-38(27-26(20)43-19-32(27,41-3)42-4)30(40)25(21-8-6-7-9-21)34-29(39)23-12-10-22(11-13-23)24-28(33)44-31(35-24)37-16-14-36(2)15-17-37/h1,10-13,20-21,24-28H,6-9,14-19H2,2-4H3,(H,34,39)/t20?,24?,25-,26?,27?,28?/m0/s1. The number of terminal acetylenes is 1. The fraction of sp³-hybridized carbons (Fsp3) is 0.656. The molecule has 0 bridgehead atoms. The molecular formula is C32H42FN5O5S. The van der Waals surface area contributed by atoms with E-state index >= 15 is 4.39 Å². The second-order valence-corrected chi connectivity index (χ2v) is 13.5. The molecule has 1 N–H and O–H groups in total. The maximum Gasteiger partial charge on any atom is 0.251 e. The van der Waals surface area contributed by atoms with Crippen LogP contribution in [0.25, 0.3) is 0 Å². The Balaban J connectivity index is 1.18. The van der Waals surface area contributed by atoms with E-state index in [1.807, 2.05) is 0 Å². The van der Waals surface area contributed by atoms with E-state index in [2.05, 4.69) is 28.1 Å². The first-order valence-electron chi connectivity index (χ1n) is 15.5. The van der Waals surface area contributed by atoms with Crippen LogP contribution in [-0.4, -0.2) is 122 Å². The van der Waals surface area contributed by atoms with Crippen molar-refractivity contribution < 1.29 is 28.2 Å². The summed E-state index contributed by atoms with van der Waals surface area (Å²) in [6, 6.07) is 5.02. The van der Waals surface area contributed by atoms with Crippen LogP contribution >= 0.6 is 11.8 Å². The topological polar surface area (TPSA) is 95.9 Å². The Morgan fingerprint density at radius 1 is 1.16 bits per heavy atom. The number of likely N-dealkylation sites (tertiary alicyclic amines) is 1. The van der Waals surface area contributed by atoms with Gasteiger partial charge in [-0.1, -0.05) is 30.9 Å². The number of piperazine rings is 1. The first-order valence-corrected chi connectivity index (χ1v) is 16.4. The molecule has 4 fully saturated rings. The van der Waals surface area contributed by atoms with E-state index in [1.165, 1.54) is 26.0 Å². The summed E-state index contributed by atoms with van der Waals surface area (Å²) >= 11 is 1.17. The average Bonchev–Trinajstić information content (AvgIpc) is 3.85. The summed E-state index contributed by atoms with van der Waals surface area (Å²) in [5, 5.41) is 3.80. The van der Waals surface area contributed by atoms with Gasteiger partial charge in [0, 0.05) is 52.5 Å². The first kappa shape index (κ1) is 31.3. The van der Waals surface area contributed by atoms with Gasteiger partial charge in [-0.3, -0.25) is 14.6 Å². The number of halogens is 1. The molecule has 238 valence electrons. The predicted molar refractivity (Wildman–Crippen MR) is 166 cm³/mol. The summed E-state index contributed by atoms with van der Waals surface area (Å²) in [5.74, 6) is 0.784. The van der Waals surface area contributed by atoms with Crippen molar-refractivity contribution >= 4 is 28.7 Å². The van der Waals surface area contributed by atoms with Gasteiger partial charge in [0.05, 0.1) is 12.0 Å². The minimum Gasteiger partial charge on any atom is -0.369 e. The average molecular weight is 628 g/mol. The monoisotopic (exact) mass is 627 g/mol. The number of ether oxygens (including phenoxy) is 3. The number of nitrogens with one attached hydrogen (secondary N) is 1. The van der Waals surface area contributed by atoms with Crippen LogP contribution in [0.5, 0.6) is 0 Å². The zero-order valence-corrected chi connectivity index (χ0v) is 26.4. The SMILES string of the molecule is C#CC1CN(C(=O)[C@@H](NC(=O)c2ccc(C3N=C(N4CCN(C)CC4)SC3F)cc2)C2CCCC2)C2C1OCC2(OC)OC. The molecule has 0 aromatic heterocycles. The van der Waals surface area contributed by atoms with Crippen LogP contribution < -0.4 is 5.32 Å². The van der Waals surface area contributed by atoms with Gasteiger partial charge in [0.15, 0.2) is 10.7 Å². The second kappa shape index (κ2) is 13.0. The Kier molecular flexibility index (Phi) is 9.22. The number of amides is 2. The van der Waals surface area contributed by atoms with E-state index < -0.39 is 35.5 Å². The summed E-state index contributed by atoms with van der Waals surface area (Å²) in [5.41, 5.74) is -0.0630. The van der Waals surface area contributed by atoms with E-state index in [9.17, 15) is 9.59 Å². The highest BCUT2D eigenvalue weighted by Gasteiger charge is 2.62. The Morgan fingerprint density at radius 2 is 1.84 bits per heavy atom. The molecule has 1 saturated carbocycles. The minimum atomic E-state index is -1.18. The van der Waals surface area contributed by atoms with E-state index in [-0.39, 0.29) is 30.3 Å². The Labute approximate surface area is 263 Å². The zero-order chi connectivity index (χ0) is 31.0. The van der Waals surface area contributed by atoms with Crippen molar-refractivity contribution in [2.45, 2.75) is 61.2 Å². The molecule has 5 unspecified atom stereocenters. The molecule has 4 heterocycles. The molecule has 4 aliphatic heterocycles. The van der Waals surface area contributed by atoms with E-state index in [1.54, 1.807) is 29.2 Å². The highest BCUT2D eigenvalue weighted by molar-refractivity contribution is 8.14. The number of nitrogens with zero attached hydrogens (tertiary/aromatic N) is 4. The number of hydrogen-bond acceptors (Lipinski definition) is 9. The number of methoxy groups -OCH3 is 2. The fourth-order valence-electron chi connectivity index (χ4n) is 7.30. The van der Waals surface area contributed by atoms with Crippen LogP contribution in [0, 0.1) is 24.2 Å². The summed E-state index contributed by atoms with van der Waals surface area (Å²) in [6.45, 7) is 3.96. The Hall–Kier alpha value is -2.69. The van der Waals surface area contributed by atoms with E-state index in [0.717, 1.165) is 57.0 Å². The lowest BCUT2D eigenvalue weighted by molar-refractivity contribution is -0.227. The first-order chi connectivity index (χ1) is 21.3. The van der Waals surface area contributed by atoms with Crippen molar-refractivity contribution in [1.82, 2.24) is 20.0 Å². The van der Waals surface area contributed by atoms with E-state index in [0.29, 0.717) is 17.7 Å². The van der Waals surface area contributed by atoms with Crippen molar-refractivity contribution in [3.63, 3.8) is 0 Å². The number of carbonyl (C=O) groups excluding carboxylic acids is 2. The number of likely N-dealkylation sites (N-methyl/N-ethyl adjacent to an activating group) is 1. The van der Waals surface area contributed by atoms with Gasteiger partial charge in [-0.25, -0.2) is 4.39 Å². The molecule has 12 heteroatoms. The van der Waals surface area contributed by atoms with Crippen molar-refractivity contribution in [1.29, 1.82) is 0 Å². The van der Waals surface area contributed by atoms with Crippen molar-refractivity contribution in [2.75, 3.05) is 60.6 Å². The Morgan fingerprint density at radius 3 is 2.48 bits per heavy atom. The molecular weight excluding hydrogens is 585 g/mol. The summed E-state index contributed by atoms with van der Waals surface area (Å²) < 4.78 is 32.6. The molecule has 1 aromatic rings. The maximum absolute atomic E-state index is 15.1. The number of carbonyl (C=O) groups is 2. The molecule has 0 radical (unpaired) electrons. The lowest BCUT2D eigenvalue weighted by atomic mass is 9.95. The molecule has 1 aromatic carbocycles. The van der Waals surface area contributed by atoms with Crippen LogP contribution in [-0.2, 0) is 19.0 Å². The number of aliphatic imine (C=N–C) groups is 1. The quantitative estimate of drug-likeness (QED) is 0.364. The van der Waals surface area contributed by atoms with Gasteiger partial charge >= 0.3 is 0 Å². The second-order valence-electron chi connectivity index (χ2n) is 12.4. The number of benzene rings is 1. The maximum atomic E-state index is 15.1. The fourth-order valence-corrected chi connectivity index (χ4v) is 8.35. The van der Waals surface area contributed by atoms with Gasteiger partial charge in [0.2, 0.25) is 11.7 Å². The molecule has 2 amide bonds. The zero-order valence-electron chi connectivity index (χ0n) is 25.6. The molecule has 44 heavy (non-hydrogen) atoms. The molecule has 10 nitrogen and oxygen atoms in total. The van der Waals surface area contributed by atoms with Gasteiger partial charge in [-0.2, -0.15) is 0 Å². The third-order valence-corrected chi connectivity index (χ3v) is 11.0. The number of amidine groups is 1. The molecule has 6 atom stereocenters. The number of thioether (sulfide) groups is 1. The number of hydrogen-bond donors (Lipinski definition) is 1. The highest BCUT2D eigenvalue weighted by atomic mass is 32.2. The van der Waals surface area contributed by atoms with Crippen LogP contribution in [0.2, 0.25) is 0 Å². The number of fused-ring (bicyclic) bond motifs is 1. The third kappa shape index (κ3) is 5.73. The smallest absolute Gasteiger partial charge is 0.251 e. The molecule has 6 rings (SSSR count). The van der Waals surface area contributed by atoms with Crippen molar-refractivity contribution in [3.05, 3.63) is 35.4 Å². The van der Waals surface area contributed by atoms with Gasteiger partial charge in [-0.05, 0) is 55.3 Å². The van der Waals surface area contributed by atoms with Gasteiger partial charge < -0.3 is 34.2 Å². The largest absolute Gasteiger partial charge is 0.369 e. The summed E-state index contributed by atoms with van der Waals surface area (Å²) in [4.78, 5) is 38.7. The van der Waals surface area contributed by atoms with Gasteiger partial charge in [0.25, 0.3) is 5.91 Å². The van der Waals surface area contributed by atoms with Crippen molar-refractivity contribution in [3.8, 4) is 12.3 Å². The van der Waals surface area contributed by atoms with Crippen molar-refractivity contribution in [2.24, 2.45) is 16.8 Å². The highest BCUT2D eigenvalue weighted by Crippen LogP contribution is 2.43. The van der Waals surface area contributed by atoms with Gasteiger partial charge in [0.1, 0.15) is 24.7 Å². The number of rotatable bonds is 7. The van der Waals surface area contributed by atoms with Crippen LogP contribution in [0.15, 0.2) is 29.3 Å². The number of alkyl halides is 1. The predicted octanol–water partition coefficient (Wildman–Crippen LogP) is 2.51. The van der Waals surface area contributed by atoms with Crippen LogP contribution in [0.3, 0.4) is 0 Å². The third-order valence-electron chi connectivity index (χ3n) is 9.98. The van der Waals surface area contributed by atoms with Gasteiger partial charge in [-0.15, -0.1) is 6.42 Å². The lowest BCUT2D eigenvalue weighted by Crippen LogP contribution is -2.59. The molecule has 1 aliphatic carbocycles. The molecule has 3 saturated heterocycles. The van der Waals surface area contributed by atoms with Crippen LogP contribution in [0.4, 0.5) is 4.39 Å². The molecule has 5 aliphatic rings. The Bertz CT molecular complexity index is 1290.